The summed E-state index contributed by atoms with van der Waals surface area (Å²) in [6.45, 7) is 2.75. The van der Waals surface area contributed by atoms with Crippen LogP contribution in [0.1, 0.15) is 17.0 Å². The van der Waals surface area contributed by atoms with Crippen molar-refractivity contribution in [2.24, 2.45) is 0 Å². The van der Waals surface area contributed by atoms with Gasteiger partial charge in [0.2, 0.25) is 4.96 Å². The fraction of sp³-hybridized carbons (Fsp3) is 0.190. The largest absolute Gasteiger partial charge is 0.295 e. The number of nitrogens with zero attached hydrogens (tertiary/aromatic N) is 5. The highest BCUT2D eigenvalue weighted by molar-refractivity contribution is 7.17. The molecule has 4 aromatic rings. The van der Waals surface area contributed by atoms with Crippen LogP contribution in [0.4, 0.5) is 0 Å². The van der Waals surface area contributed by atoms with Crippen LogP contribution in [0, 0.1) is 0 Å². The molecule has 7 heteroatoms. The second-order valence-electron chi connectivity index (χ2n) is 6.80. The smallest absolute Gasteiger partial charge is 0.235 e. The molecule has 0 bridgehead atoms. The predicted octanol–water partition coefficient (Wildman–Crippen LogP) is 4.80. The van der Waals surface area contributed by atoms with E-state index >= 15 is 0 Å². The summed E-state index contributed by atoms with van der Waals surface area (Å²) >= 11 is 7.90. The first-order valence-corrected chi connectivity index (χ1v) is 10.4. The number of fused-ring (bicyclic) bond motifs is 1. The molecule has 0 saturated carbocycles. The molecule has 0 spiro atoms. The average molecular weight is 408 g/mol. The maximum atomic E-state index is 6.30. The minimum Gasteiger partial charge on any atom is -0.295 e. The van der Waals surface area contributed by atoms with E-state index in [0.29, 0.717) is 0 Å². The highest BCUT2D eigenvalue weighted by atomic mass is 35.5. The van der Waals surface area contributed by atoms with Gasteiger partial charge in [0.15, 0.2) is 5.82 Å². The first-order valence-electron chi connectivity index (χ1n) is 9.21. The van der Waals surface area contributed by atoms with Gasteiger partial charge in [-0.2, -0.15) is 9.61 Å². The third kappa shape index (κ3) is 3.35. The van der Waals surface area contributed by atoms with Gasteiger partial charge in [0.05, 0.1) is 0 Å². The van der Waals surface area contributed by atoms with E-state index in [1.54, 1.807) is 11.3 Å². The van der Waals surface area contributed by atoms with Crippen LogP contribution in [-0.4, -0.2) is 37.8 Å². The van der Waals surface area contributed by atoms with Crippen LogP contribution >= 0.6 is 22.9 Å². The fourth-order valence-electron chi connectivity index (χ4n) is 3.43. The number of hydrogen-bond donors (Lipinski definition) is 0. The van der Waals surface area contributed by atoms with Gasteiger partial charge >= 0.3 is 0 Å². The van der Waals surface area contributed by atoms with E-state index in [-0.39, 0.29) is 0 Å². The monoisotopic (exact) mass is 407 g/mol. The Morgan fingerprint density at radius 1 is 1.00 bits per heavy atom. The minimum absolute atomic E-state index is 0.787. The van der Waals surface area contributed by atoms with E-state index in [1.807, 2.05) is 53.0 Å². The van der Waals surface area contributed by atoms with Crippen LogP contribution in [0.3, 0.4) is 0 Å². The second kappa shape index (κ2) is 7.47. The van der Waals surface area contributed by atoms with Crippen molar-refractivity contribution < 1.29 is 0 Å². The minimum atomic E-state index is 0.787. The summed E-state index contributed by atoms with van der Waals surface area (Å²) in [7, 11) is 0. The van der Waals surface area contributed by atoms with Crippen LogP contribution in [0.2, 0.25) is 5.02 Å². The summed E-state index contributed by atoms with van der Waals surface area (Å²) in [5.41, 5.74) is 3.48. The summed E-state index contributed by atoms with van der Waals surface area (Å²) in [6.07, 6.45) is 3.24. The Hall–Kier alpha value is -2.54. The molecule has 0 amide bonds. The Morgan fingerprint density at radius 2 is 1.82 bits per heavy atom. The molecule has 1 aliphatic heterocycles. The van der Waals surface area contributed by atoms with Crippen LogP contribution in [0.25, 0.3) is 21.9 Å². The van der Waals surface area contributed by atoms with Crippen molar-refractivity contribution in [2.75, 3.05) is 13.1 Å². The molecule has 1 aliphatic rings. The first kappa shape index (κ1) is 17.6. The van der Waals surface area contributed by atoms with Gasteiger partial charge < -0.3 is 0 Å². The normalized spacial score (nSPS) is 15.1. The zero-order chi connectivity index (χ0) is 18.9. The molecule has 5 nitrogen and oxygen atoms in total. The molecule has 0 unspecified atom stereocenters. The number of rotatable bonds is 4. The average Bonchev–Trinajstić information content (AvgIpc) is 3.32. The van der Waals surface area contributed by atoms with Crippen molar-refractivity contribution >= 4 is 33.5 Å². The van der Waals surface area contributed by atoms with Gasteiger partial charge in [-0.1, -0.05) is 77.5 Å². The van der Waals surface area contributed by atoms with E-state index in [9.17, 15) is 0 Å². The summed E-state index contributed by atoms with van der Waals surface area (Å²) in [6, 6.07) is 18.1. The summed E-state index contributed by atoms with van der Waals surface area (Å²) < 4.78 is 1.85. The lowest BCUT2D eigenvalue weighted by atomic mass is 10.1. The highest BCUT2D eigenvalue weighted by Crippen LogP contribution is 2.29. The Morgan fingerprint density at radius 3 is 2.61 bits per heavy atom. The summed E-state index contributed by atoms with van der Waals surface area (Å²) in [4.78, 5) is 3.23. The molecule has 3 heterocycles. The van der Waals surface area contributed by atoms with E-state index < -0.39 is 0 Å². The Labute approximate surface area is 171 Å². The molecular weight excluding hydrogens is 390 g/mol. The van der Waals surface area contributed by atoms with Gasteiger partial charge in [-0.05, 0) is 23.6 Å². The molecule has 140 valence electrons. The van der Waals surface area contributed by atoms with Crippen LogP contribution in [0.5, 0.6) is 0 Å². The van der Waals surface area contributed by atoms with Crippen molar-refractivity contribution in [2.45, 2.75) is 13.0 Å². The molecule has 0 atom stereocenters. The standard InChI is InChI=1S/C21H18ClN5S/c22-18-9-5-4-8-17(18)14-26-12-10-16(11-13-26)20-25-27-19(23-24-21(27)28-20)15-6-2-1-3-7-15/h1-10H,11-14H2. The van der Waals surface area contributed by atoms with Gasteiger partial charge in [-0.25, -0.2) is 0 Å². The van der Waals surface area contributed by atoms with Crippen molar-refractivity contribution in [1.82, 2.24) is 24.7 Å². The second-order valence-corrected chi connectivity index (χ2v) is 8.16. The molecule has 0 N–H and O–H groups in total. The van der Waals surface area contributed by atoms with Crippen LogP contribution < -0.4 is 0 Å². The highest BCUT2D eigenvalue weighted by Gasteiger charge is 2.19. The molecule has 0 saturated heterocycles. The SMILES string of the molecule is Clc1ccccc1CN1CC=C(c2nn3c(-c4ccccc4)nnc3s2)CC1. The Bertz CT molecular complexity index is 1150. The molecule has 2 aromatic carbocycles. The molecule has 5 rings (SSSR count). The van der Waals surface area contributed by atoms with Gasteiger partial charge in [0, 0.05) is 30.2 Å². The third-order valence-electron chi connectivity index (χ3n) is 4.94. The first-order chi connectivity index (χ1) is 13.8. The number of benzene rings is 2. The van der Waals surface area contributed by atoms with Crippen molar-refractivity contribution in [3.63, 3.8) is 0 Å². The Kier molecular flexibility index (Phi) is 4.68. The molecule has 0 aliphatic carbocycles. The third-order valence-corrected chi connectivity index (χ3v) is 6.29. The number of hydrogen-bond acceptors (Lipinski definition) is 5. The molecule has 28 heavy (non-hydrogen) atoms. The van der Waals surface area contributed by atoms with Gasteiger partial charge in [-0.15, -0.1) is 10.2 Å². The molecule has 0 fully saturated rings. The summed E-state index contributed by atoms with van der Waals surface area (Å²) in [5, 5.41) is 15.3. The number of aromatic nitrogens is 4. The fourth-order valence-corrected chi connectivity index (χ4v) is 4.53. The van der Waals surface area contributed by atoms with Crippen molar-refractivity contribution in [3.05, 3.63) is 76.3 Å². The lowest BCUT2D eigenvalue weighted by Gasteiger charge is -2.25. The van der Waals surface area contributed by atoms with Gasteiger partial charge in [-0.3, -0.25) is 4.90 Å². The number of halogens is 1. The van der Waals surface area contributed by atoms with Crippen LogP contribution in [0.15, 0.2) is 60.7 Å². The topological polar surface area (TPSA) is 46.3 Å². The van der Waals surface area contributed by atoms with Gasteiger partial charge in [0.25, 0.3) is 0 Å². The zero-order valence-electron chi connectivity index (χ0n) is 15.1. The predicted molar refractivity (Wildman–Crippen MR) is 113 cm³/mol. The quantitative estimate of drug-likeness (QED) is 0.487. The van der Waals surface area contributed by atoms with Gasteiger partial charge in [0.1, 0.15) is 5.01 Å². The zero-order valence-corrected chi connectivity index (χ0v) is 16.7. The van der Waals surface area contributed by atoms with Crippen molar-refractivity contribution in [3.8, 4) is 11.4 Å². The lowest BCUT2D eigenvalue weighted by molar-refractivity contribution is 0.294. The van der Waals surface area contributed by atoms with E-state index in [2.05, 4.69) is 27.2 Å². The molecule has 0 radical (unpaired) electrons. The van der Waals surface area contributed by atoms with E-state index in [1.165, 1.54) is 11.1 Å². The van der Waals surface area contributed by atoms with Crippen LogP contribution in [-0.2, 0) is 6.54 Å². The lowest BCUT2D eigenvalue weighted by Crippen LogP contribution is -2.28. The van der Waals surface area contributed by atoms with E-state index in [4.69, 9.17) is 16.7 Å². The molecular formula is C21H18ClN5S. The maximum absolute atomic E-state index is 6.30. The Balaban J connectivity index is 1.36. The van der Waals surface area contributed by atoms with Crippen molar-refractivity contribution in [1.29, 1.82) is 0 Å². The maximum Gasteiger partial charge on any atom is 0.235 e. The summed E-state index contributed by atoms with van der Waals surface area (Å²) in [5.74, 6) is 0.787. The van der Waals surface area contributed by atoms with E-state index in [0.717, 1.165) is 52.4 Å². The molecule has 2 aromatic heterocycles.